The molecule has 3 aromatic heterocycles. The highest BCUT2D eigenvalue weighted by atomic mass is 19.1. The number of benzene rings is 1. The van der Waals surface area contributed by atoms with Crippen LogP contribution in [0.15, 0.2) is 42.6 Å². The van der Waals surface area contributed by atoms with E-state index in [9.17, 15) is 4.39 Å². The summed E-state index contributed by atoms with van der Waals surface area (Å²) in [5, 5.41) is 9.39. The zero-order valence-electron chi connectivity index (χ0n) is 19.6. The molecule has 4 heterocycles. The van der Waals surface area contributed by atoms with Crippen LogP contribution in [0.5, 0.6) is 5.75 Å². The van der Waals surface area contributed by atoms with E-state index in [1.54, 1.807) is 13.2 Å². The maximum absolute atomic E-state index is 14.5. The lowest BCUT2D eigenvalue weighted by molar-refractivity contribution is 0.0894. The predicted octanol–water partition coefficient (Wildman–Crippen LogP) is 3.59. The largest absolute Gasteiger partial charge is 0.485 e. The van der Waals surface area contributed by atoms with Gasteiger partial charge in [0.05, 0.1) is 12.1 Å². The van der Waals surface area contributed by atoms with Crippen molar-refractivity contribution in [3.8, 4) is 17.3 Å². The quantitative estimate of drug-likeness (QED) is 0.447. The Bertz CT molecular complexity index is 1330. The van der Waals surface area contributed by atoms with E-state index in [0.29, 0.717) is 29.0 Å². The Labute approximate surface area is 197 Å². The fraction of sp³-hybridized carbons (Fsp3) is 0.400. The van der Waals surface area contributed by atoms with Gasteiger partial charge < -0.3 is 15.2 Å². The summed E-state index contributed by atoms with van der Waals surface area (Å²) in [6.07, 6.45) is 2.80. The van der Waals surface area contributed by atoms with Crippen LogP contribution in [0.25, 0.3) is 28.1 Å². The number of pyridine rings is 2. The minimum atomic E-state index is -0.432. The molecular weight excluding hydrogens is 435 g/mol. The first-order valence-corrected chi connectivity index (χ1v) is 11.5. The second-order valence-electron chi connectivity index (χ2n) is 8.99. The molecule has 4 aromatic rings. The average Bonchev–Trinajstić information content (AvgIpc) is 3.45. The van der Waals surface area contributed by atoms with Crippen LogP contribution in [0, 0.1) is 5.82 Å². The van der Waals surface area contributed by atoms with Gasteiger partial charge in [-0.25, -0.2) is 9.37 Å². The van der Waals surface area contributed by atoms with E-state index in [1.807, 2.05) is 29.5 Å². The molecule has 1 fully saturated rings. The molecule has 8 nitrogen and oxygen atoms in total. The summed E-state index contributed by atoms with van der Waals surface area (Å²) in [4.78, 5) is 7.15. The number of ether oxygens (including phenoxy) is 2. The van der Waals surface area contributed by atoms with Crippen LogP contribution in [0.1, 0.15) is 31.9 Å². The Hall–Kier alpha value is -3.14. The molecule has 0 radical (unpaired) electrons. The smallest absolute Gasteiger partial charge is 0.187 e. The topological polar surface area (TPSA) is 90.8 Å². The van der Waals surface area contributed by atoms with Crippen molar-refractivity contribution in [1.29, 1.82) is 0 Å². The maximum atomic E-state index is 14.5. The Kier molecular flexibility index (Phi) is 6.16. The van der Waals surface area contributed by atoms with Crippen LogP contribution in [0.4, 0.5) is 4.39 Å². The minimum Gasteiger partial charge on any atom is -0.485 e. The van der Waals surface area contributed by atoms with Crippen LogP contribution in [-0.2, 0) is 4.74 Å². The molecular formula is C25H29FN6O2. The van der Waals surface area contributed by atoms with Crippen molar-refractivity contribution in [3.63, 3.8) is 0 Å². The van der Waals surface area contributed by atoms with E-state index < -0.39 is 5.82 Å². The highest BCUT2D eigenvalue weighted by Gasteiger charge is 2.25. The lowest BCUT2D eigenvalue weighted by Gasteiger charge is -2.24. The van der Waals surface area contributed by atoms with Crippen molar-refractivity contribution in [1.82, 2.24) is 24.5 Å². The average molecular weight is 465 g/mol. The van der Waals surface area contributed by atoms with E-state index in [4.69, 9.17) is 20.2 Å². The van der Waals surface area contributed by atoms with Crippen LogP contribution in [0.2, 0.25) is 0 Å². The summed E-state index contributed by atoms with van der Waals surface area (Å²) in [5.74, 6) is 0.342. The second-order valence-corrected chi connectivity index (χ2v) is 8.99. The third kappa shape index (κ3) is 4.34. The van der Waals surface area contributed by atoms with Crippen molar-refractivity contribution in [2.75, 3.05) is 26.8 Å². The minimum absolute atomic E-state index is 0.146. The van der Waals surface area contributed by atoms with Crippen LogP contribution >= 0.6 is 0 Å². The third-order valence-corrected chi connectivity index (χ3v) is 6.41. The van der Waals surface area contributed by atoms with Gasteiger partial charge in [0.15, 0.2) is 23.0 Å². The molecule has 34 heavy (non-hydrogen) atoms. The molecule has 5 rings (SSSR count). The molecule has 0 aliphatic carbocycles. The summed E-state index contributed by atoms with van der Waals surface area (Å²) < 4.78 is 27.3. The Balaban J connectivity index is 1.50. The molecule has 1 saturated heterocycles. The number of halogens is 1. The number of hydrogen-bond acceptors (Lipinski definition) is 7. The van der Waals surface area contributed by atoms with Gasteiger partial charge in [0.1, 0.15) is 11.8 Å². The Morgan fingerprint density at radius 2 is 2.03 bits per heavy atom. The summed E-state index contributed by atoms with van der Waals surface area (Å²) in [5.41, 5.74) is 9.27. The van der Waals surface area contributed by atoms with Gasteiger partial charge in [0, 0.05) is 49.9 Å². The predicted molar refractivity (Wildman–Crippen MR) is 128 cm³/mol. The first-order valence-electron chi connectivity index (χ1n) is 11.5. The zero-order chi connectivity index (χ0) is 23.8. The van der Waals surface area contributed by atoms with E-state index in [1.165, 1.54) is 6.07 Å². The fourth-order valence-electron chi connectivity index (χ4n) is 4.53. The number of aromatic nitrogens is 4. The summed E-state index contributed by atoms with van der Waals surface area (Å²) in [6.45, 7) is 6.27. The molecule has 0 saturated carbocycles. The van der Waals surface area contributed by atoms with Crippen LogP contribution in [0.3, 0.4) is 0 Å². The summed E-state index contributed by atoms with van der Waals surface area (Å²) >= 11 is 0. The molecule has 178 valence electrons. The number of methoxy groups -OCH3 is 1. The maximum Gasteiger partial charge on any atom is 0.187 e. The van der Waals surface area contributed by atoms with Crippen molar-refractivity contribution in [3.05, 3.63) is 54.0 Å². The lowest BCUT2D eigenvalue weighted by Crippen LogP contribution is -2.28. The number of nitrogens with two attached hydrogens (primary N) is 1. The molecule has 0 unspecified atom stereocenters. The number of likely N-dealkylation sites (tertiary alicyclic amines) is 1. The Morgan fingerprint density at radius 1 is 1.18 bits per heavy atom. The van der Waals surface area contributed by atoms with Crippen LogP contribution < -0.4 is 10.5 Å². The van der Waals surface area contributed by atoms with Gasteiger partial charge in [-0.05, 0) is 44.0 Å². The Morgan fingerprint density at radius 3 is 2.79 bits per heavy atom. The molecule has 3 atom stereocenters. The third-order valence-electron chi connectivity index (χ3n) is 6.41. The fourth-order valence-corrected chi connectivity index (χ4v) is 4.53. The van der Waals surface area contributed by atoms with Gasteiger partial charge in [-0.2, -0.15) is 0 Å². The number of nitrogens with zero attached hydrogens (tertiary/aromatic N) is 5. The van der Waals surface area contributed by atoms with Crippen molar-refractivity contribution in [2.24, 2.45) is 5.73 Å². The second kappa shape index (κ2) is 9.25. The van der Waals surface area contributed by atoms with E-state index >= 15 is 0 Å². The first kappa shape index (κ1) is 22.6. The standard InChI is InChI=1S/C25H29FN6O2/c1-15(14-33-3)34-23-11-22-17(10-20(23)26)4-6-21(28-22)25-30-29-24-7-5-18(12-32(24)25)16(2)31-9-8-19(27)13-31/h4-7,10-12,15-16,19H,8-9,13-14,27H2,1-3H3/t15-,16+,19+/m1/s1. The first-order chi connectivity index (χ1) is 16.4. The van der Waals surface area contributed by atoms with Gasteiger partial charge in [-0.15, -0.1) is 10.2 Å². The van der Waals surface area contributed by atoms with E-state index in [0.717, 1.165) is 30.7 Å². The number of fused-ring (bicyclic) bond motifs is 2. The van der Waals surface area contributed by atoms with Gasteiger partial charge in [-0.1, -0.05) is 12.1 Å². The molecule has 0 bridgehead atoms. The number of rotatable bonds is 7. The number of hydrogen-bond donors (Lipinski definition) is 1. The van der Waals surface area contributed by atoms with Gasteiger partial charge in [0.25, 0.3) is 0 Å². The van der Waals surface area contributed by atoms with Crippen molar-refractivity contribution < 1.29 is 13.9 Å². The van der Waals surface area contributed by atoms with Crippen molar-refractivity contribution >= 4 is 16.6 Å². The van der Waals surface area contributed by atoms with Crippen LogP contribution in [-0.4, -0.2) is 63.4 Å². The molecule has 0 spiro atoms. The van der Waals surface area contributed by atoms with Gasteiger partial charge in [0.2, 0.25) is 0 Å². The lowest BCUT2D eigenvalue weighted by atomic mass is 10.1. The molecule has 1 aromatic carbocycles. The normalized spacial score (nSPS) is 18.6. The van der Waals surface area contributed by atoms with Crippen molar-refractivity contribution in [2.45, 2.75) is 38.5 Å². The highest BCUT2D eigenvalue weighted by Crippen LogP contribution is 2.29. The summed E-state index contributed by atoms with van der Waals surface area (Å²) in [7, 11) is 1.58. The molecule has 0 amide bonds. The van der Waals surface area contributed by atoms with E-state index in [-0.39, 0.29) is 23.9 Å². The van der Waals surface area contributed by atoms with Gasteiger partial charge in [-0.3, -0.25) is 9.30 Å². The highest BCUT2D eigenvalue weighted by molar-refractivity contribution is 5.82. The SMILES string of the molecule is COC[C@@H](C)Oc1cc2nc(-c3nnc4ccc([C@H](C)N5CC[C@H](N)C5)cn34)ccc2cc1F. The molecule has 9 heteroatoms. The summed E-state index contributed by atoms with van der Waals surface area (Å²) in [6, 6.07) is 11.2. The van der Waals surface area contributed by atoms with Gasteiger partial charge >= 0.3 is 0 Å². The van der Waals surface area contributed by atoms with E-state index in [2.05, 4.69) is 34.3 Å². The molecule has 1 aliphatic heterocycles. The monoisotopic (exact) mass is 464 g/mol. The molecule has 1 aliphatic rings. The molecule has 2 N–H and O–H groups in total. The zero-order valence-corrected chi connectivity index (χ0v) is 19.6.